The zero-order valence-corrected chi connectivity index (χ0v) is 20.0. The molecule has 2 N–H and O–H groups in total. The van der Waals surface area contributed by atoms with E-state index in [9.17, 15) is 24.3 Å². The van der Waals surface area contributed by atoms with Crippen LogP contribution in [0.4, 0.5) is 4.39 Å². The summed E-state index contributed by atoms with van der Waals surface area (Å²) in [4.78, 5) is 28.7. The number of nitriles is 1. The van der Waals surface area contributed by atoms with Crippen molar-refractivity contribution in [2.45, 2.75) is 58.0 Å². The van der Waals surface area contributed by atoms with Crippen molar-refractivity contribution in [3.05, 3.63) is 64.7 Å². The average molecular weight is 480 g/mol. The monoisotopic (exact) mass is 479 g/mol. The molecule has 184 valence electrons. The fourth-order valence-corrected chi connectivity index (χ4v) is 4.47. The van der Waals surface area contributed by atoms with Crippen LogP contribution >= 0.6 is 0 Å². The Morgan fingerprint density at radius 2 is 1.89 bits per heavy atom. The molecule has 0 saturated carbocycles. The number of aromatic nitrogens is 2. The maximum absolute atomic E-state index is 13.3. The van der Waals surface area contributed by atoms with Crippen LogP contribution in [0.5, 0.6) is 0 Å². The molecule has 0 fully saturated rings. The predicted octanol–water partition coefficient (Wildman–Crippen LogP) is 5.10. The lowest BCUT2D eigenvalue weighted by molar-refractivity contribution is -0.137. The number of aliphatic hydroxyl groups excluding tert-OH is 1. The minimum atomic E-state index is -0.945. The highest BCUT2D eigenvalue weighted by Gasteiger charge is 2.24. The summed E-state index contributed by atoms with van der Waals surface area (Å²) in [6.07, 6.45) is 4.33. The van der Waals surface area contributed by atoms with Crippen LogP contribution in [0.1, 0.15) is 78.7 Å². The number of pyridine rings is 1. The molecule has 0 aliphatic carbocycles. The van der Waals surface area contributed by atoms with Crippen molar-refractivity contribution in [1.82, 2.24) is 9.55 Å². The Morgan fingerprint density at radius 1 is 1.17 bits per heavy atom. The predicted molar refractivity (Wildman–Crippen MR) is 129 cm³/mol. The van der Waals surface area contributed by atoms with Crippen molar-refractivity contribution in [2.24, 2.45) is 13.0 Å². The number of fused-ring (bicyclic) bond motifs is 1. The van der Waals surface area contributed by atoms with Crippen molar-refractivity contribution < 1.29 is 24.2 Å². The Balaban J connectivity index is 1.72. The highest BCUT2D eigenvalue weighted by atomic mass is 19.1. The zero-order chi connectivity index (χ0) is 25.5. The van der Waals surface area contributed by atoms with Gasteiger partial charge in [-0.2, -0.15) is 5.26 Å². The van der Waals surface area contributed by atoms with E-state index in [2.05, 4.69) is 11.1 Å². The molecule has 0 aliphatic heterocycles. The highest BCUT2D eigenvalue weighted by molar-refractivity contribution is 6.09. The van der Waals surface area contributed by atoms with Gasteiger partial charge < -0.3 is 14.8 Å². The number of benzene rings is 1. The van der Waals surface area contributed by atoms with E-state index in [4.69, 9.17) is 5.11 Å². The molecule has 0 spiro atoms. The molecule has 0 bridgehead atoms. The second-order valence-electron chi connectivity index (χ2n) is 9.08. The number of ketones is 1. The number of hydrogen-bond donors (Lipinski definition) is 2. The minimum absolute atomic E-state index is 0.0933. The lowest BCUT2D eigenvalue weighted by Gasteiger charge is -2.12. The molecule has 0 amide bonds. The third-order valence-electron chi connectivity index (χ3n) is 6.26. The Morgan fingerprint density at radius 3 is 2.54 bits per heavy atom. The molecule has 0 aliphatic rings. The number of aliphatic carboxylic acids is 1. The van der Waals surface area contributed by atoms with Crippen LogP contribution in [0, 0.1) is 23.1 Å². The van der Waals surface area contributed by atoms with Crippen molar-refractivity contribution in [3.8, 4) is 6.07 Å². The third-order valence-corrected chi connectivity index (χ3v) is 6.26. The number of aryl methyl sites for hydroxylation is 1. The molecule has 2 aromatic heterocycles. The molecule has 0 saturated heterocycles. The normalized spacial score (nSPS) is 12.9. The van der Waals surface area contributed by atoms with Gasteiger partial charge in [-0.15, -0.1) is 0 Å². The number of halogens is 1. The molecular weight excluding hydrogens is 449 g/mol. The van der Waals surface area contributed by atoms with Crippen LogP contribution in [0.15, 0.2) is 36.5 Å². The van der Waals surface area contributed by atoms with E-state index in [1.54, 1.807) is 25.1 Å². The number of Topliss-reactive ketones (excluding diaryl/α,β-unsaturated/α-hetero) is 1. The summed E-state index contributed by atoms with van der Waals surface area (Å²) < 4.78 is 15.0. The second-order valence-corrected chi connectivity index (χ2v) is 9.08. The molecule has 8 heteroatoms. The number of carboxylic acid groups (broad SMARTS) is 1. The number of hydrogen-bond acceptors (Lipinski definition) is 5. The van der Waals surface area contributed by atoms with Crippen molar-refractivity contribution >= 4 is 22.8 Å². The Labute approximate surface area is 203 Å². The first-order valence-corrected chi connectivity index (χ1v) is 11.8. The van der Waals surface area contributed by atoms with Crippen LogP contribution in [0.25, 0.3) is 11.0 Å². The number of unbranched alkanes of at least 4 members (excludes halogenated alkanes) is 2. The van der Waals surface area contributed by atoms with Crippen molar-refractivity contribution in [3.63, 3.8) is 0 Å². The van der Waals surface area contributed by atoms with Gasteiger partial charge in [-0.25, -0.2) is 9.37 Å². The van der Waals surface area contributed by atoms with Gasteiger partial charge in [0.1, 0.15) is 17.5 Å². The summed E-state index contributed by atoms with van der Waals surface area (Å²) in [6.45, 7) is 1.74. The van der Waals surface area contributed by atoms with Gasteiger partial charge in [0, 0.05) is 42.7 Å². The van der Waals surface area contributed by atoms with Crippen LogP contribution in [0.2, 0.25) is 0 Å². The van der Waals surface area contributed by atoms with Gasteiger partial charge in [0.05, 0.1) is 11.7 Å². The first kappa shape index (κ1) is 26.0. The SMILES string of the molecule is CC(CC(=O)O)CC(=O)c1c(CCCCCC(O)c2ccc(F)cc2)n(C)c2ncc(C#N)cc12. The molecule has 2 atom stereocenters. The van der Waals surface area contributed by atoms with E-state index in [1.165, 1.54) is 18.3 Å². The van der Waals surface area contributed by atoms with Gasteiger partial charge in [0.15, 0.2) is 5.78 Å². The quantitative estimate of drug-likeness (QED) is 0.276. The Hall–Kier alpha value is -3.57. The van der Waals surface area contributed by atoms with E-state index in [-0.39, 0.29) is 30.4 Å². The van der Waals surface area contributed by atoms with E-state index >= 15 is 0 Å². The Kier molecular flexibility index (Phi) is 8.72. The fourth-order valence-electron chi connectivity index (χ4n) is 4.47. The fraction of sp³-hybridized carbons (Fsp3) is 0.407. The summed E-state index contributed by atoms with van der Waals surface area (Å²) >= 11 is 0. The molecule has 1 aromatic carbocycles. The van der Waals surface area contributed by atoms with Crippen molar-refractivity contribution in [2.75, 3.05) is 0 Å². The van der Waals surface area contributed by atoms with Gasteiger partial charge in [0.25, 0.3) is 0 Å². The van der Waals surface area contributed by atoms with E-state index in [0.717, 1.165) is 25.0 Å². The maximum atomic E-state index is 13.3. The lowest BCUT2D eigenvalue weighted by Crippen LogP contribution is -2.12. The third kappa shape index (κ3) is 6.52. The van der Waals surface area contributed by atoms with Crippen molar-refractivity contribution in [1.29, 1.82) is 5.26 Å². The van der Waals surface area contributed by atoms with Gasteiger partial charge in [-0.05, 0) is 48.9 Å². The van der Waals surface area contributed by atoms with E-state index in [1.807, 2.05) is 11.6 Å². The zero-order valence-electron chi connectivity index (χ0n) is 20.0. The number of nitrogens with zero attached hydrogens (tertiary/aromatic N) is 3. The largest absolute Gasteiger partial charge is 0.481 e. The average Bonchev–Trinajstić information content (AvgIpc) is 3.09. The number of carbonyl (C=O) groups is 2. The highest BCUT2D eigenvalue weighted by Crippen LogP contribution is 2.29. The molecule has 2 heterocycles. The number of rotatable bonds is 12. The topological polar surface area (TPSA) is 116 Å². The molecule has 3 aromatic rings. The van der Waals surface area contributed by atoms with Gasteiger partial charge in [0.2, 0.25) is 0 Å². The van der Waals surface area contributed by atoms with Crippen LogP contribution in [0.3, 0.4) is 0 Å². The van der Waals surface area contributed by atoms with Crippen LogP contribution in [-0.4, -0.2) is 31.5 Å². The summed E-state index contributed by atoms with van der Waals surface area (Å²) in [7, 11) is 1.84. The summed E-state index contributed by atoms with van der Waals surface area (Å²) in [5.74, 6) is -1.75. The molecule has 0 radical (unpaired) electrons. The first-order chi connectivity index (χ1) is 16.7. The lowest BCUT2D eigenvalue weighted by atomic mass is 9.94. The smallest absolute Gasteiger partial charge is 0.303 e. The number of carboxylic acids is 1. The first-order valence-electron chi connectivity index (χ1n) is 11.8. The molecular formula is C27H30FN3O4. The van der Waals surface area contributed by atoms with Gasteiger partial charge in [-0.3, -0.25) is 9.59 Å². The summed E-state index contributed by atoms with van der Waals surface area (Å²) in [5, 5.41) is 29.3. The summed E-state index contributed by atoms with van der Waals surface area (Å²) in [5.41, 5.74) is 2.98. The van der Waals surface area contributed by atoms with Gasteiger partial charge >= 0.3 is 5.97 Å². The number of aliphatic hydroxyl groups is 1. The second kappa shape index (κ2) is 11.7. The standard InChI is InChI=1S/C27H30FN3O4/c1-17(13-25(34)35)12-24(33)26-21-14-18(15-29)16-30-27(21)31(2)22(26)6-4-3-5-7-23(32)19-8-10-20(28)11-9-19/h8-11,14,16-17,23,32H,3-7,12-13H2,1-2H3,(H,34,35). The maximum Gasteiger partial charge on any atom is 0.303 e. The molecule has 35 heavy (non-hydrogen) atoms. The molecule has 3 rings (SSSR count). The van der Waals surface area contributed by atoms with Gasteiger partial charge in [-0.1, -0.05) is 31.9 Å². The Bertz CT molecular complexity index is 1240. The minimum Gasteiger partial charge on any atom is -0.481 e. The van der Waals surface area contributed by atoms with Crippen LogP contribution < -0.4 is 0 Å². The van der Waals surface area contributed by atoms with E-state index < -0.39 is 12.1 Å². The molecule has 7 nitrogen and oxygen atoms in total. The van der Waals surface area contributed by atoms with E-state index in [0.29, 0.717) is 40.6 Å². The summed E-state index contributed by atoms with van der Waals surface area (Å²) in [6, 6.07) is 9.57. The number of carbonyl (C=O) groups excluding carboxylic acids is 1. The molecule has 2 unspecified atom stereocenters. The van der Waals surface area contributed by atoms with Crippen LogP contribution in [-0.2, 0) is 18.3 Å².